The number of rotatable bonds is 1. The number of nitrogen functional groups attached to an aromatic ring is 1. The molecule has 0 aromatic carbocycles. The van der Waals surface area contributed by atoms with Crippen molar-refractivity contribution in [3.05, 3.63) is 36.9 Å². The Morgan fingerprint density at radius 2 is 2.00 bits per heavy atom. The average Bonchev–Trinajstić information content (AvgIpc) is 3.01. The summed E-state index contributed by atoms with van der Waals surface area (Å²) in [5, 5.41) is 2.05. The third-order valence-corrected chi connectivity index (χ3v) is 3.44. The zero-order valence-corrected chi connectivity index (χ0v) is 10.8. The molecule has 4 aromatic heterocycles. The van der Waals surface area contributed by atoms with Gasteiger partial charge in [-0.1, -0.05) is 0 Å². The molecule has 20 heavy (non-hydrogen) atoms. The first kappa shape index (κ1) is 11.0. The molecule has 0 bridgehead atoms. The van der Waals surface area contributed by atoms with E-state index in [1.54, 1.807) is 12.4 Å². The summed E-state index contributed by atoms with van der Waals surface area (Å²) in [4.78, 5) is 16.1. The minimum absolute atomic E-state index is 0.501. The summed E-state index contributed by atoms with van der Waals surface area (Å²) in [6, 6.07) is 3.93. The van der Waals surface area contributed by atoms with Crippen LogP contribution in [0, 0.1) is 0 Å². The molecular weight excluding hydrogens is 252 g/mol. The van der Waals surface area contributed by atoms with Gasteiger partial charge in [-0.3, -0.25) is 0 Å². The maximum atomic E-state index is 5.77. The molecule has 0 aliphatic rings. The number of hydrogen-bond acceptors (Lipinski definition) is 4. The quantitative estimate of drug-likeness (QED) is 0.551. The van der Waals surface area contributed by atoms with Crippen molar-refractivity contribution in [3.8, 4) is 11.4 Å². The number of aromatic nitrogens is 5. The predicted molar refractivity (Wildman–Crippen MR) is 78.0 cm³/mol. The van der Waals surface area contributed by atoms with E-state index < -0.39 is 0 Å². The standard InChI is InChI=1S/C14H12N6/c1-20-3-2-16-14(20)8-4-10-9-5-12(15)17-7-11(9)19-13(10)18-6-8/h2-7H,1H3,(H2,15,17)(H,18,19). The van der Waals surface area contributed by atoms with Crippen LogP contribution in [0.4, 0.5) is 5.82 Å². The number of hydrogen-bond donors (Lipinski definition) is 2. The SMILES string of the molecule is Cn1ccnc1-c1cnc2[nH]c3cnc(N)cc3c2c1. The van der Waals surface area contributed by atoms with E-state index in [2.05, 4.69) is 26.0 Å². The van der Waals surface area contributed by atoms with Gasteiger partial charge in [0.1, 0.15) is 17.3 Å². The van der Waals surface area contributed by atoms with Crippen molar-refractivity contribution in [2.45, 2.75) is 0 Å². The van der Waals surface area contributed by atoms with Gasteiger partial charge >= 0.3 is 0 Å². The molecule has 0 radical (unpaired) electrons. The number of anilines is 1. The highest BCUT2D eigenvalue weighted by Gasteiger charge is 2.10. The summed E-state index contributed by atoms with van der Waals surface area (Å²) in [5.41, 5.74) is 8.50. The summed E-state index contributed by atoms with van der Waals surface area (Å²) in [7, 11) is 1.96. The van der Waals surface area contributed by atoms with Gasteiger partial charge in [0, 0.05) is 42.0 Å². The second kappa shape index (κ2) is 3.80. The molecule has 4 aromatic rings. The van der Waals surface area contributed by atoms with Crippen LogP contribution in [-0.4, -0.2) is 24.5 Å². The topological polar surface area (TPSA) is 85.4 Å². The monoisotopic (exact) mass is 264 g/mol. The van der Waals surface area contributed by atoms with Crippen LogP contribution in [0.1, 0.15) is 0 Å². The fourth-order valence-corrected chi connectivity index (χ4v) is 2.46. The second-order valence-electron chi connectivity index (χ2n) is 4.76. The van der Waals surface area contributed by atoms with Crippen molar-refractivity contribution in [2.24, 2.45) is 7.05 Å². The zero-order chi connectivity index (χ0) is 13.7. The van der Waals surface area contributed by atoms with Crippen molar-refractivity contribution in [1.82, 2.24) is 24.5 Å². The zero-order valence-electron chi connectivity index (χ0n) is 10.8. The number of imidazole rings is 1. The largest absolute Gasteiger partial charge is 0.384 e. The number of nitrogens with one attached hydrogen (secondary N) is 1. The van der Waals surface area contributed by atoms with E-state index in [1.807, 2.05) is 30.1 Å². The molecule has 0 aliphatic heterocycles. The molecule has 98 valence electrons. The van der Waals surface area contributed by atoms with Gasteiger partial charge in [0.05, 0.1) is 11.7 Å². The Hall–Kier alpha value is -2.89. The number of aryl methyl sites for hydroxylation is 1. The Labute approximate surface area is 114 Å². The molecule has 0 amide bonds. The number of pyridine rings is 2. The molecule has 6 nitrogen and oxygen atoms in total. The first-order chi connectivity index (χ1) is 9.72. The summed E-state index contributed by atoms with van der Waals surface area (Å²) in [6.45, 7) is 0. The Kier molecular flexibility index (Phi) is 2.09. The Morgan fingerprint density at radius 3 is 2.80 bits per heavy atom. The third kappa shape index (κ3) is 1.48. The molecule has 0 fully saturated rings. The second-order valence-corrected chi connectivity index (χ2v) is 4.76. The van der Waals surface area contributed by atoms with Crippen molar-refractivity contribution in [1.29, 1.82) is 0 Å². The fourth-order valence-electron chi connectivity index (χ4n) is 2.46. The highest BCUT2D eigenvalue weighted by atomic mass is 15.0. The maximum absolute atomic E-state index is 5.77. The average molecular weight is 264 g/mol. The van der Waals surface area contributed by atoms with Gasteiger partial charge in [0.15, 0.2) is 0 Å². The van der Waals surface area contributed by atoms with Gasteiger partial charge in [0.25, 0.3) is 0 Å². The van der Waals surface area contributed by atoms with E-state index in [1.165, 1.54) is 0 Å². The van der Waals surface area contributed by atoms with E-state index in [9.17, 15) is 0 Å². The van der Waals surface area contributed by atoms with Gasteiger partial charge in [-0.25, -0.2) is 15.0 Å². The summed E-state index contributed by atoms with van der Waals surface area (Å²) >= 11 is 0. The lowest BCUT2D eigenvalue weighted by Gasteiger charge is -2.01. The lowest BCUT2D eigenvalue weighted by Crippen LogP contribution is -1.92. The fraction of sp³-hybridized carbons (Fsp3) is 0.0714. The number of H-pyrrole nitrogens is 1. The Balaban J connectivity index is 2.05. The minimum Gasteiger partial charge on any atom is -0.384 e. The van der Waals surface area contributed by atoms with Crippen LogP contribution in [-0.2, 0) is 7.05 Å². The molecule has 0 spiro atoms. The predicted octanol–water partition coefficient (Wildman–Crippen LogP) is 2.09. The minimum atomic E-state index is 0.501. The molecule has 0 atom stereocenters. The summed E-state index contributed by atoms with van der Waals surface area (Å²) in [6.07, 6.45) is 7.23. The number of nitrogens with two attached hydrogens (primary N) is 1. The molecular formula is C14H12N6. The van der Waals surface area contributed by atoms with Crippen molar-refractivity contribution in [3.63, 3.8) is 0 Å². The molecule has 0 aliphatic carbocycles. The summed E-state index contributed by atoms with van der Waals surface area (Å²) < 4.78 is 1.97. The molecule has 6 heteroatoms. The van der Waals surface area contributed by atoms with E-state index in [-0.39, 0.29) is 0 Å². The van der Waals surface area contributed by atoms with Gasteiger partial charge in [-0.2, -0.15) is 0 Å². The third-order valence-electron chi connectivity index (χ3n) is 3.44. The van der Waals surface area contributed by atoms with Crippen molar-refractivity contribution < 1.29 is 0 Å². The van der Waals surface area contributed by atoms with E-state index in [0.717, 1.165) is 33.3 Å². The molecule has 0 unspecified atom stereocenters. The van der Waals surface area contributed by atoms with Gasteiger partial charge in [0.2, 0.25) is 0 Å². The Bertz CT molecular complexity index is 933. The van der Waals surface area contributed by atoms with Gasteiger partial charge in [-0.05, 0) is 12.1 Å². The first-order valence-electron chi connectivity index (χ1n) is 6.23. The lowest BCUT2D eigenvalue weighted by atomic mass is 10.1. The van der Waals surface area contributed by atoms with E-state index in [0.29, 0.717) is 5.82 Å². The van der Waals surface area contributed by atoms with Crippen LogP contribution >= 0.6 is 0 Å². The van der Waals surface area contributed by atoms with Crippen LogP contribution in [0.5, 0.6) is 0 Å². The Morgan fingerprint density at radius 1 is 1.10 bits per heavy atom. The molecule has 0 saturated carbocycles. The van der Waals surface area contributed by atoms with Crippen LogP contribution in [0.25, 0.3) is 33.3 Å². The van der Waals surface area contributed by atoms with E-state index >= 15 is 0 Å². The lowest BCUT2D eigenvalue weighted by molar-refractivity contribution is 0.924. The van der Waals surface area contributed by atoms with Gasteiger partial charge in [-0.15, -0.1) is 0 Å². The number of fused-ring (bicyclic) bond motifs is 3. The molecule has 0 saturated heterocycles. The number of aromatic amines is 1. The molecule has 3 N–H and O–H groups in total. The first-order valence-corrected chi connectivity index (χ1v) is 6.23. The van der Waals surface area contributed by atoms with Crippen molar-refractivity contribution in [2.75, 3.05) is 5.73 Å². The summed E-state index contributed by atoms with van der Waals surface area (Å²) in [5.74, 6) is 1.39. The smallest absolute Gasteiger partial charge is 0.141 e. The van der Waals surface area contributed by atoms with Crippen LogP contribution in [0.2, 0.25) is 0 Å². The van der Waals surface area contributed by atoms with Crippen LogP contribution < -0.4 is 5.73 Å². The van der Waals surface area contributed by atoms with E-state index in [4.69, 9.17) is 5.73 Å². The van der Waals surface area contributed by atoms with Crippen molar-refractivity contribution >= 4 is 27.8 Å². The van der Waals surface area contributed by atoms with Gasteiger partial charge < -0.3 is 15.3 Å². The number of nitrogens with zero attached hydrogens (tertiary/aromatic N) is 4. The maximum Gasteiger partial charge on any atom is 0.141 e. The molecule has 4 rings (SSSR count). The normalized spacial score (nSPS) is 11.4. The van der Waals surface area contributed by atoms with Crippen LogP contribution in [0.15, 0.2) is 36.9 Å². The molecule has 4 heterocycles. The van der Waals surface area contributed by atoms with Crippen LogP contribution in [0.3, 0.4) is 0 Å². The highest BCUT2D eigenvalue weighted by molar-refractivity contribution is 6.07. The highest BCUT2D eigenvalue weighted by Crippen LogP contribution is 2.28.